The van der Waals surface area contributed by atoms with Crippen LogP contribution in [-0.4, -0.2) is 16.6 Å². The molecule has 3 N–H and O–H groups in total. The molecular formula is C18H14F6N4O. The number of nitrogens with zero attached hydrogens (tertiary/aromatic N) is 2. The van der Waals surface area contributed by atoms with Crippen LogP contribution in [-0.2, 0) is 17.1 Å². The fraction of sp³-hybridized carbons (Fsp3) is 0.167. The molecule has 1 heterocycles. The average molecular weight is 416 g/mol. The number of halogens is 6. The third kappa shape index (κ3) is 5.80. The van der Waals surface area contributed by atoms with E-state index in [-0.39, 0.29) is 17.4 Å². The van der Waals surface area contributed by atoms with Crippen LogP contribution in [0.5, 0.6) is 0 Å². The number of hydrogen-bond acceptors (Lipinski definition) is 4. The molecule has 1 aromatic heterocycles. The molecule has 0 bridgehead atoms. The summed E-state index contributed by atoms with van der Waals surface area (Å²) in [5, 5.41) is 3.55. The van der Waals surface area contributed by atoms with E-state index in [1.165, 1.54) is 31.5 Å². The van der Waals surface area contributed by atoms with Crippen LogP contribution in [0.25, 0.3) is 5.57 Å². The number of amidine groups is 1. The smallest absolute Gasteiger partial charge is 0.382 e. The molecule has 0 radical (unpaired) electrons. The summed E-state index contributed by atoms with van der Waals surface area (Å²) in [6.07, 6.45) is -6.02. The first-order chi connectivity index (χ1) is 13.4. The Hall–Kier alpha value is -3.37. The monoisotopic (exact) mass is 416 g/mol. The second-order valence-corrected chi connectivity index (χ2v) is 5.77. The third-order valence-corrected chi connectivity index (χ3v) is 3.65. The predicted octanol–water partition coefficient (Wildman–Crippen LogP) is 3.96. The highest BCUT2D eigenvalue weighted by Crippen LogP contribution is 2.36. The molecule has 2 aromatic rings. The molecule has 0 saturated carbocycles. The van der Waals surface area contributed by atoms with Crippen LogP contribution in [0.3, 0.4) is 0 Å². The van der Waals surface area contributed by atoms with Crippen LogP contribution in [0.1, 0.15) is 29.2 Å². The van der Waals surface area contributed by atoms with E-state index < -0.39 is 34.9 Å². The maximum Gasteiger partial charge on any atom is 0.416 e. The molecule has 1 aromatic carbocycles. The number of aromatic nitrogens is 1. The zero-order valence-corrected chi connectivity index (χ0v) is 14.8. The first-order valence-electron chi connectivity index (χ1n) is 7.89. The molecule has 29 heavy (non-hydrogen) atoms. The number of allylic oxidation sites excluding steroid dienone is 1. The van der Waals surface area contributed by atoms with Crippen molar-refractivity contribution >= 4 is 17.2 Å². The van der Waals surface area contributed by atoms with Crippen LogP contribution in [0.2, 0.25) is 0 Å². The van der Waals surface area contributed by atoms with Crippen LogP contribution in [0, 0.1) is 0 Å². The fourth-order valence-electron chi connectivity index (χ4n) is 2.25. The molecule has 0 amide bonds. The zero-order valence-electron chi connectivity index (χ0n) is 14.8. The Morgan fingerprint density at radius 1 is 1.00 bits per heavy atom. The van der Waals surface area contributed by atoms with Gasteiger partial charge in [-0.15, -0.1) is 0 Å². The van der Waals surface area contributed by atoms with E-state index in [1.54, 1.807) is 0 Å². The van der Waals surface area contributed by atoms with E-state index in [0.29, 0.717) is 17.7 Å². The number of rotatable bonds is 5. The molecule has 2 rings (SSSR count). The Bertz CT molecular complexity index is 917. The quantitative estimate of drug-likeness (QED) is 0.254. The SMILES string of the molecule is CC(=O)/C(=C/N/N=C(\N)c1cc(C(F)(F)F)cc(C(F)(F)F)c1)c1ccncc1. The lowest BCUT2D eigenvalue weighted by Crippen LogP contribution is -2.20. The minimum atomic E-state index is -5.01. The van der Waals surface area contributed by atoms with Crippen molar-refractivity contribution in [1.82, 2.24) is 10.4 Å². The Kier molecular flexibility index (Phi) is 6.30. The van der Waals surface area contributed by atoms with E-state index in [4.69, 9.17) is 5.73 Å². The van der Waals surface area contributed by atoms with Gasteiger partial charge in [-0.2, -0.15) is 31.4 Å². The lowest BCUT2D eigenvalue weighted by molar-refractivity contribution is -0.143. The fourth-order valence-corrected chi connectivity index (χ4v) is 2.25. The second-order valence-electron chi connectivity index (χ2n) is 5.77. The molecule has 11 heteroatoms. The molecule has 5 nitrogen and oxygen atoms in total. The number of benzene rings is 1. The van der Waals surface area contributed by atoms with Crippen molar-refractivity contribution in [3.05, 3.63) is 71.2 Å². The van der Waals surface area contributed by atoms with Crippen LogP contribution >= 0.6 is 0 Å². The van der Waals surface area contributed by atoms with Crippen molar-refractivity contribution in [3.8, 4) is 0 Å². The van der Waals surface area contributed by atoms with Gasteiger partial charge in [0, 0.05) is 29.7 Å². The number of carbonyl (C=O) groups is 1. The second kappa shape index (κ2) is 8.33. The maximum atomic E-state index is 12.9. The summed E-state index contributed by atoms with van der Waals surface area (Å²) in [6, 6.07) is 3.96. The predicted molar refractivity (Wildman–Crippen MR) is 93.2 cm³/mol. The minimum Gasteiger partial charge on any atom is -0.382 e. The van der Waals surface area contributed by atoms with Gasteiger partial charge in [-0.1, -0.05) is 0 Å². The summed E-state index contributed by atoms with van der Waals surface area (Å²) in [7, 11) is 0. The van der Waals surface area contributed by atoms with Crippen molar-refractivity contribution in [3.63, 3.8) is 0 Å². The number of ketones is 1. The topological polar surface area (TPSA) is 80.4 Å². The highest BCUT2D eigenvalue weighted by Gasteiger charge is 2.37. The summed E-state index contributed by atoms with van der Waals surface area (Å²) in [4.78, 5) is 15.5. The molecule has 0 atom stereocenters. The van der Waals surface area contributed by atoms with Crippen molar-refractivity contribution < 1.29 is 31.1 Å². The summed E-state index contributed by atoms with van der Waals surface area (Å²) in [6.45, 7) is 1.27. The maximum absolute atomic E-state index is 12.9. The molecule has 0 unspecified atom stereocenters. The van der Waals surface area contributed by atoms with Crippen molar-refractivity contribution in [2.24, 2.45) is 10.8 Å². The number of carbonyl (C=O) groups excluding carboxylic acids is 1. The molecule has 0 aliphatic rings. The first kappa shape index (κ1) is 21.9. The van der Waals surface area contributed by atoms with Crippen LogP contribution in [0.4, 0.5) is 26.3 Å². The van der Waals surface area contributed by atoms with Gasteiger partial charge in [0.15, 0.2) is 11.6 Å². The lowest BCUT2D eigenvalue weighted by Gasteiger charge is -2.14. The van der Waals surface area contributed by atoms with Gasteiger partial charge in [-0.25, -0.2) is 0 Å². The molecule has 0 spiro atoms. The number of nitrogens with one attached hydrogen (secondary N) is 1. The van der Waals surface area contributed by atoms with Crippen molar-refractivity contribution in [2.45, 2.75) is 19.3 Å². The number of nitrogens with two attached hydrogens (primary N) is 1. The van der Waals surface area contributed by atoms with E-state index in [2.05, 4.69) is 15.5 Å². The van der Waals surface area contributed by atoms with Gasteiger partial charge in [0.05, 0.1) is 11.1 Å². The van der Waals surface area contributed by atoms with Gasteiger partial charge >= 0.3 is 12.4 Å². The Labute approximate surface area is 160 Å². The van der Waals surface area contributed by atoms with Gasteiger partial charge in [0.1, 0.15) is 0 Å². The van der Waals surface area contributed by atoms with Gasteiger partial charge in [-0.05, 0) is 42.8 Å². The lowest BCUT2D eigenvalue weighted by atomic mass is 10.0. The molecule has 0 fully saturated rings. The summed E-state index contributed by atoms with van der Waals surface area (Å²) in [5.74, 6) is -0.994. The molecule has 0 saturated heterocycles. The normalized spacial score (nSPS) is 13.3. The molecule has 154 valence electrons. The average Bonchev–Trinajstić information content (AvgIpc) is 2.63. The Balaban J connectivity index is 2.39. The number of pyridine rings is 1. The van der Waals surface area contributed by atoms with E-state index in [0.717, 1.165) is 6.20 Å². The van der Waals surface area contributed by atoms with Gasteiger partial charge in [0.25, 0.3) is 0 Å². The van der Waals surface area contributed by atoms with Gasteiger partial charge in [0.2, 0.25) is 0 Å². The number of hydrogen-bond donors (Lipinski definition) is 2. The zero-order chi connectivity index (χ0) is 21.8. The first-order valence-corrected chi connectivity index (χ1v) is 7.89. The van der Waals surface area contributed by atoms with Crippen LogP contribution in [0.15, 0.2) is 54.0 Å². The summed E-state index contributed by atoms with van der Waals surface area (Å²) in [5.41, 5.74) is 4.85. The minimum absolute atomic E-state index is 0.0125. The van der Waals surface area contributed by atoms with E-state index in [1.807, 2.05) is 0 Å². The van der Waals surface area contributed by atoms with E-state index in [9.17, 15) is 31.1 Å². The Morgan fingerprint density at radius 3 is 1.97 bits per heavy atom. The number of Topliss-reactive ketones (excluding diaryl/α,β-unsaturated/α-hetero) is 1. The molecule has 0 aliphatic carbocycles. The van der Waals surface area contributed by atoms with E-state index >= 15 is 0 Å². The summed E-state index contributed by atoms with van der Waals surface area (Å²) < 4.78 is 77.5. The summed E-state index contributed by atoms with van der Waals surface area (Å²) >= 11 is 0. The van der Waals surface area contributed by atoms with Gasteiger partial charge in [-0.3, -0.25) is 15.2 Å². The number of alkyl halides is 6. The van der Waals surface area contributed by atoms with Gasteiger partial charge < -0.3 is 5.73 Å². The van der Waals surface area contributed by atoms with Crippen molar-refractivity contribution in [1.29, 1.82) is 0 Å². The Morgan fingerprint density at radius 2 is 1.52 bits per heavy atom. The van der Waals surface area contributed by atoms with Crippen molar-refractivity contribution in [2.75, 3.05) is 0 Å². The number of hydrazone groups is 1. The van der Waals surface area contributed by atoms with Crippen LogP contribution < -0.4 is 11.2 Å². The highest BCUT2D eigenvalue weighted by atomic mass is 19.4. The largest absolute Gasteiger partial charge is 0.416 e. The standard InChI is InChI=1S/C18H14F6N4O/c1-10(29)15(11-2-4-26-5-3-11)9-27-28-16(25)12-6-13(17(19,20)21)8-14(7-12)18(22,23)24/h2-9,27H,1H3,(H2,25,28)/b15-9-. The highest BCUT2D eigenvalue weighted by molar-refractivity contribution is 6.19. The third-order valence-electron chi connectivity index (χ3n) is 3.65. The molecule has 0 aliphatic heterocycles. The molecular weight excluding hydrogens is 402 g/mol.